The first kappa shape index (κ1) is 16.7. The Morgan fingerprint density at radius 2 is 2.30 bits per heavy atom. The number of H-pyrrole nitrogens is 1. The molecule has 4 heterocycles. The second kappa shape index (κ2) is 6.31. The number of urea groups is 1. The number of hydrogen-bond donors (Lipinski definition) is 2. The van der Waals surface area contributed by atoms with Gasteiger partial charge in [-0.25, -0.2) is 14.2 Å². The monoisotopic (exact) mass is 403 g/mol. The Morgan fingerprint density at radius 3 is 3.07 bits per heavy atom. The van der Waals surface area contributed by atoms with Crippen LogP contribution in [-0.4, -0.2) is 32.2 Å². The number of aromatic amines is 1. The number of rotatable bonds is 2. The Labute approximate surface area is 163 Å². The van der Waals surface area contributed by atoms with Gasteiger partial charge < -0.3 is 10.2 Å². The highest BCUT2D eigenvalue weighted by molar-refractivity contribution is 7.07. The maximum atomic E-state index is 13.4. The molecule has 0 radical (unpaired) electrons. The van der Waals surface area contributed by atoms with Crippen molar-refractivity contribution in [2.24, 2.45) is 0 Å². The highest BCUT2D eigenvalue weighted by atomic mass is 35.5. The highest BCUT2D eigenvalue weighted by Gasteiger charge is 2.45. The van der Waals surface area contributed by atoms with E-state index in [1.807, 2.05) is 10.3 Å². The first-order chi connectivity index (χ1) is 13.1. The molecule has 2 aliphatic heterocycles. The predicted octanol–water partition coefficient (Wildman–Crippen LogP) is 4.62. The summed E-state index contributed by atoms with van der Waals surface area (Å²) in [6.45, 7) is 0. The van der Waals surface area contributed by atoms with E-state index in [4.69, 9.17) is 11.6 Å². The molecule has 0 aliphatic carbocycles. The van der Waals surface area contributed by atoms with Crippen LogP contribution in [0.3, 0.4) is 0 Å². The van der Waals surface area contributed by atoms with Gasteiger partial charge in [0.1, 0.15) is 17.2 Å². The first-order valence-corrected chi connectivity index (χ1v) is 9.94. The van der Waals surface area contributed by atoms with E-state index in [2.05, 4.69) is 20.5 Å². The van der Waals surface area contributed by atoms with Gasteiger partial charge in [0.2, 0.25) is 0 Å². The number of nitrogens with zero attached hydrogens (tertiary/aromatic N) is 3. The molecule has 0 spiro atoms. The Balaban J connectivity index is 1.46. The van der Waals surface area contributed by atoms with Crippen molar-refractivity contribution < 1.29 is 9.18 Å². The molecule has 2 aliphatic rings. The van der Waals surface area contributed by atoms with Gasteiger partial charge in [-0.15, -0.1) is 11.3 Å². The number of hydrogen-bond acceptors (Lipinski definition) is 4. The van der Waals surface area contributed by atoms with E-state index in [1.165, 1.54) is 29.5 Å². The number of carbonyl (C=O) groups excluding carboxylic acids is 1. The molecule has 2 unspecified atom stereocenters. The molecule has 2 atom stereocenters. The molecule has 27 heavy (non-hydrogen) atoms. The normalized spacial score (nSPS) is 20.6. The number of aromatic nitrogens is 3. The van der Waals surface area contributed by atoms with Gasteiger partial charge in [-0.05, 0) is 31.0 Å². The Hall–Kier alpha value is -2.45. The van der Waals surface area contributed by atoms with Gasteiger partial charge in [0.15, 0.2) is 0 Å². The molecule has 1 aromatic carbocycles. The van der Waals surface area contributed by atoms with Crippen molar-refractivity contribution in [1.82, 2.24) is 20.1 Å². The lowest BCUT2D eigenvalue weighted by molar-refractivity contribution is 0.179. The summed E-state index contributed by atoms with van der Waals surface area (Å²) in [4.78, 5) is 19.2. The van der Waals surface area contributed by atoms with Crippen LogP contribution in [-0.2, 0) is 6.42 Å². The summed E-state index contributed by atoms with van der Waals surface area (Å²) in [7, 11) is 0. The number of fused-ring (bicyclic) bond motifs is 4. The minimum absolute atomic E-state index is 0.0163. The summed E-state index contributed by atoms with van der Waals surface area (Å²) in [5, 5.41) is 12.4. The van der Waals surface area contributed by atoms with Crippen molar-refractivity contribution in [3.63, 3.8) is 0 Å². The molecule has 6 nitrogen and oxygen atoms in total. The largest absolute Gasteiger partial charge is 0.322 e. The van der Waals surface area contributed by atoms with Crippen molar-refractivity contribution in [3.05, 3.63) is 51.2 Å². The van der Waals surface area contributed by atoms with Crippen LogP contribution in [0.15, 0.2) is 29.1 Å². The molecule has 1 fully saturated rings. The van der Waals surface area contributed by atoms with E-state index in [-0.39, 0.29) is 23.1 Å². The SMILES string of the molecule is O=C(Nc1ccc(F)c(Cl)c1)N1C2CCC1c1c(-c3cscn3)n[nH]c1C2. The van der Waals surface area contributed by atoms with E-state index in [1.54, 1.807) is 5.51 Å². The predicted molar refractivity (Wildman–Crippen MR) is 101 cm³/mol. The fourth-order valence-corrected chi connectivity index (χ4v) is 4.81. The number of nitrogens with one attached hydrogen (secondary N) is 2. The number of benzene rings is 1. The molecule has 1 saturated heterocycles. The number of carbonyl (C=O) groups is 1. The second-order valence-corrected chi connectivity index (χ2v) is 7.88. The Bertz CT molecular complexity index is 1020. The number of thiazole rings is 1. The molecule has 138 valence electrons. The number of anilines is 1. The summed E-state index contributed by atoms with van der Waals surface area (Å²) in [5.74, 6) is -0.511. The van der Waals surface area contributed by atoms with Crippen molar-refractivity contribution in [2.75, 3.05) is 5.32 Å². The molecular weight excluding hydrogens is 389 g/mol. The quantitative estimate of drug-likeness (QED) is 0.655. The number of halogens is 2. The van der Waals surface area contributed by atoms with Crippen LogP contribution in [0.25, 0.3) is 11.4 Å². The smallest absolute Gasteiger partial charge is 0.314 e. The van der Waals surface area contributed by atoms with Crippen LogP contribution in [0, 0.1) is 5.82 Å². The summed E-state index contributed by atoms with van der Waals surface area (Å²) in [6.07, 6.45) is 2.55. The number of amides is 2. The zero-order valence-electron chi connectivity index (χ0n) is 14.1. The lowest BCUT2D eigenvalue weighted by Gasteiger charge is -2.34. The van der Waals surface area contributed by atoms with Gasteiger partial charge in [-0.2, -0.15) is 5.10 Å². The summed E-state index contributed by atoms with van der Waals surface area (Å²) in [5.41, 5.74) is 6.04. The molecule has 2 N–H and O–H groups in total. The average Bonchev–Trinajstić information content (AvgIpc) is 3.36. The van der Waals surface area contributed by atoms with Crippen LogP contribution < -0.4 is 5.32 Å². The van der Waals surface area contributed by atoms with Crippen LogP contribution >= 0.6 is 22.9 Å². The lowest BCUT2D eigenvalue weighted by atomic mass is 9.97. The van der Waals surface area contributed by atoms with Crippen LogP contribution in [0.5, 0.6) is 0 Å². The lowest BCUT2D eigenvalue weighted by Crippen LogP contribution is -2.44. The summed E-state index contributed by atoms with van der Waals surface area (Å²) < 4.78 is 13.4. The maximum Gasteiger partial charge on any atom is 0.322 e. The van der Waals surface area contributed by atoms with Crippen LogP contribution in [0.4, 0.5) is 14.9 Å². The molecular formula is C18H15ClFN5OS. The summed E-state index contributed by atoms with van der Waals surface area (Å²) >= 11 is 7.34. The van der Waals surface area contributed by atoms with E-state index < -0.39 is 5.82 Å². The van der Waals surface area contributed by atoms with Crippen molar-refractivity contribution in [2.45, 2.75) is 31.3 Å². The minimum atomic E-state index is -0.511. The Morgan fingerprint density at radius 1 is 1.41 bits per heavy atom. The van der Waals surface area contributed by atoms with Gasteiger partial charge in [0, 0.05) is 34.8 Å². The van der Waals surface area contributed by atoms with E-state index in [9.17, 15) is 9.18 Å². The molecule has 2 aromatic heterocycles. The zero-order chi connectivity index (χ0) is 18.5. The fourth-order valence-electron chi connectivity index (χ4n) is 4.10. The molecule has 0 saturated carbocycles. The van der Waals surface area contributed by atoms with Crippen molar-refractivity contribution in [1.29, 1.82) is 0 Å². The van der Waals surface area contributed by atoms with Gasteiger partial charge in [0.25, 0.3) is 0 Å². The first-order valence-electron chi connectivity index (χ1n) is 8.62. The van der Waals surface area contributed by atoms with Crippen molar-refractivity contribution in [3.8, 4) is 11.4 Å². The van der Waals surface area contributed by atoms with E-state index >= 15 is 0 Å². The second-order valence-electron chi connectivity index (χ2n) is 6.76. The highest BCUT2D eigenvalue weighted by Crippen LogP contribution is 2.46. The fraction of sp³-hybridized carbons (Fsp3) is 0.278. The van der Waals surface area contributed by atoms with Gasteiger partial charge in [-0.3, -0.25) is 5.10 Å². The minimum Gasteiger partial charge on any atom is -0.314 e. The van der Waals surface area contributed by atoms with E-state index in [0.29, 0.717) is 5.69 Å². The van der Waals surface area contributed by atoms with Gasteiger partial charge in [-0.1, -0.05) is 11.6 Å². The topological polar surface area (TPSA) is 73.9 Å². The molecule has 2 amide bonds. The zero-order valence-corrected chi connectivity index (χ0v) is 15.6. The molecule has 5 rings (SSSR count). The summed E-state index contributed by atoms with van der Waals surface area (Å²) in [6, 6.07) is 4.03. The van der Waals surface area contributed by atoms with Crippen LogP contribution in [0.2, 0.25) is 5.02 Å². The molecule has 2 bridgehead atoms. The van der Waals surface area contributed by atoms with E-state index in [0.717, 1.165) is 41.9 Å². The average molecular weight is 404 g/mol. The standard InChI is InChI=1S/C18H15ClFN5OS/c19-11-5-9(1-3-12(11)20)22-18(26)25-10-2-4-15(25)16-13(6-10)23-24-17(16)14-7-27-8-21-14/h1,3,5,7-8,10,15H,2,4,6H2,(H,22,26)(H,23,24). The third-order valence-electron chi connectivity index (χ3n) is 5.24. The molecule has 3 aromatic rings. The van der Waals surface area contributed by atoms with Gasteiger partial charge >= 0.3 is 6.03 Å². The third kappa shape index (κ3) is 2.71. The molecule has 9 heteroatoms. The van der Waals surface area contributed by atoms with Gasteiger partial charge in [0.05, 0.1) is 16.6 Å². The van der Waals surface area contributed by atoms with Crippen molar-refractivity contribution >= 4 is 34.7 Å². The maximum absolute atomic E-state index is 13.4. The third-order valence-corrected chi connectivity index (χ3v) is 6.11. The van der Waals surface area contributed by atoms with Crippen LogP contribution in [0.1, 0.15) is 30.1 Å². The Kier molecular flexibility index (Phi) is 3.91.